The summed E-state index contributed by atoms with van der Waals surface area (Å²) in [4.78, 5) is 17.2. The first kappa shape index (κ1) is 18.3. The number of amides is 1. The summed E-state index contributed by atoms with van der Waals surface area (Å²) in [5.41, 5.74) is 0.860. The van der Waals surface area contributed by atoms with Gasteiger partial charge < -0.3 is 9.80 Å². The van der Waals surface area contributed by atoms with Crippen molar-refractivity contribution in [1.29, 1.82) is 5.26 Å². The number of piperidine rings is 1. The molecule has 27 heavy (non-hydrogen) atoms. The molecule has 2 heterocycles. The maximum absolute atomic E-state index is 13.9. The quantitative estimate of drug-likeness (QED) is 0.806. The number of rotatable bonds is 3. The monoisotopic (exact) mass is 369 g/mol. The first-order valence-corrected chi connectivity index (χ1v) is 10.4. The lowest BCUT2D eigenvalue weighted by Crippen LogP contribution is -2.48. The Morgan fingerprint density at radius 1 is 1.04 bits per heavy atom. The summed E-state index contributed by atoms with van der Waals surface area (Å²) in [7, 11) is 0. The van der Waals surface area contributed by atoms with Crippen molar-refractivity contribution in [2.24, 2.45) is 11.8 Å². The Hall–Kier alpha value is -2.09. The zero-order valence-electron chi connectivity index (χ0n) is 15.9. The van der Waals surface area contributed by atoms with Crippen molar-refractivity contribution in [3.63, 3.8) is 0 Å². The van der Waals surface area contributed by atoms with Gasteiger partial charge in [-0.15, -0.1) is 0 Å². The highest BCUT2D eigenvalue weighted by Gasteiger charge is 2.39. The van der Waals surface area contributed by atoms with E-state index in [1.165, 1.54) is 18.9 Å². The molecular formula is C22H28FN3O. The fraction of sp³-hybridized carbons (Fsp3) is 0.636. The number of benzene rings is 1. The predicted octanol–water partition coefficient (Wildman–Crippen LogP) is 4.09. The first-order chi connectivity index (χ1) is 13.2. The van der Waals surface area contributed by atoms with Gasteiger partial charge in [0.05, 0.1) is 5.69 Å². The summed E-state index contributed by atoms with van der Waals surface area (Å²) >= 11 is 0. The molecular weight excluding hydrogens is 341 g/mol. The highest BCUT2D eigenvalue weighted by molar-refractivity contribution is 5.81. The van der Waals surface area contributed by atoms with E-state index in [4.69, 9.17) is 0 Å². The van der Waals surface area contributed by atoms with Gasteiger partial charge in [-0.3, -0.25) is 4.79 Å². The molecule has 5 heteroatoms. The van der Waals surface area contributed by atoms with Gasteiger partial charge in [-0.1, -0.05) is 18.9 Å². The van der Waals surface area contributed by atoms with Crippen molar-refractivity contribution in [3.05, 3.63) is 29.6 Å². The second-order valence-corrected chi connectivity index (χ2v) is 8.29. The van der Waals surface area contributed by atoms with Gasteiger partial charge in [0.2, 0.25) is 5.91 Å². The number of carbonyl (C=O) groups is 1. The van der Waals surface area contributed by atoms with Gasteiger partial charge in [-0.2, -0.15) is 5.26 Å². The second-order valence-electron chi connectivity index (χ2n) is 8.29. The summed E-state index contributed by atoms with van der Waals surface area (Å²) in [6.45, 7) is 2.57. The summed E-state index contributed by atoms with van der Waals surface area (Å²) in [6.07, 6.45) is 8.81. The molecule has 1 saturated carbocycles. The molecule has 3 fully saturated rings. The SMILES string of the molecule is N#Cc1c(F)cccc1N1CCC([C@H]2CCCCCN2C(=O)C2CC2)CC1. The average Bonchev–Trinajstić information content (AvgIpc) is 3.54. The zero-order valence-corrected chi connectivity index (χ0v) is 15.9. The zero-order chi connectivity index (χ0) is 18.8. The molecule has 2 saturated heterocycles. The molecule has 0 N–H and O–H groups in total. The van der Waals surface area contributed by atoms with Gasteiger partial charge in [0.1, 0.15) is 17.4 Å². The Kier molecular flexibility index (Phi) is 5.33. The van der Waals surface area contributed by atoms with Crippen LogP contribution in [0, 0.1) is 29.0 Å². The van der Waals surface area contributed by atoms with E-state index in [9.17, 15) is 14.4 Å². The summed E-state index contributed by atoms with van der Waals surface area (Å²) in [6, 6.07) is 7.25. The van der Waals surface area contributed by atoms with Gasteiger partial charge in [0.25, 0.3) is 0 Å². The van der Waals surface area contributed by atoms with Crippen molar-refractivity contribution >= 4 is 11.6 Å². The van der Waals surface area contributed by atoms with Gasteiger partial charge in [0, 0.05) is 31.6 Å². The lowest BCUT2D eigenvalue weighted by molar-refractivity contribution is -0.136. The standard InChI is InChI=1S/C22H28FN3O/c23-19-5-4-7-21(18(19)15-24)25-13-10-16(11-14-25)20-6-2-1-3-12-26(20)22(27)17-8-9-17/h4-5,7,16-17,20H,1-3,6,8-14H2/t20-/m1/s1. The Labute approximate surface area is 160 Å². The van der Waals surface area contributed by atoms with Crippen molar-refractivity contribution in [1.82, 2.24) is 4.90 Å². The number of hydrogen-bond acceptors (Lipinski definition) is 3. The molecule has 144 valence electrons. The van der Waals surface area contributed by atoms with Crippen molar-refractivity contribution in [2.75, 3.05) is 24.5 Å². The molecule has 4 rings (SSSR count). The van der Waals surface area contributed by atoms with Crippen LogP contribution in [0.1, 0.15) is 56.9 Å². The molecule has 3 aliphatic rings. The minimum absolute atomic E-state index is 0.149. The molecule has 0 bridgehead atoms. The lowest BCUT2D eigenvalue weighted by atomic mass is 9.85. The normalized spacial score (nSPS) is 24.4. The van der Waals surface area contributed by atoms with E-state index in [0.29, 0.717) is 23.6 Å². The fourth-order valence-corrected chi connectivity index (χ4v) is 4.87. The summed E-state index contributed by atoms with van der Waals surface area (Å²) in [5.74, 6) is 0.751. The maximum Gasteiger partial charge on any atom is 0.225 e. The van der Waals surface area contributed by atoms with Crippen LogP contribution < -0.4 is 4.90 Å². The highest BCUT2D eigenvalue weighted by atomic mass is 19.1. The largest absolute Gasteiger partial charge is 0.370 e. The number of nitriles is 1. The van der Waals surface area contributed by atoms with E-state index in [1.807, 2.05) is 12.1 Å². The third kappa shape index (κ3) is 3.81. The van der Waals surface area contributed by atoms with E-state index in [0.717, 1.165) is 58.2 Å². The molecule has 4 nitrogen and oxygen atoms in total. The Morgan fingerprint density at radius 2 is 1.81 bits per heavy atom. The van der Waals surface area contributed by atoms with Gasteiger partial charge in [-0.05, 0) is 56.6 Å². The first-order valence-electron chi connectivity index (χ1n) is 10.4. The van der Waals surface area contributed by atoms with Crippen LogP contribution in [-0.4, -0.2) is 36.5 Å². The van der Waals surface area contributed by atoms with Crippen LogP contribution in [0.15, 0.2) is 18.2 Å². The van der Waals surface area contributed by atoms with E-state index >= 15 is 0 Å². The Bertz CT molecular complexity index is 732. The van der Waals surface area contributed by atoms with E-state index in [2.05, 4.69) is 9.80 Å². The maximum atomic E-state index is 13.9. The third-order valence-electron chi connectivity index (χ3n) is 6.54. The molecule has 1 aliphatic carbocycles. The van der Waals surface area contributed by atoms with E-state index < -0.39 is 5.82 Å². The number of likely N-dealkylation sites (tertiary alicyclic amines) is 1. The van der Waals surface area contributed by atoms with Crippen LogP contribution in [0.2, 0.25) is 0 Å². The van der Waals surface area contributed by atoms with Gasteiger partial charge in [-0.25, -0.2) is 4.39 Å². The second kappa shape index (κ2) is 7.88. The molecule has 0 spiro atoms. The fourth-order valence-electron chi connectivity index (χ4n) is 4.87. The molecule has 0 aromatic heterocycles. The minimum atomic E-state index is -0.443. The van der Waals surface area contributed by atoms with Crippen molar-refractivity contribution < 1.29 is 9.18 Å². The topological polar surface area (TPSA) is 47.3 Å². The minimum Gasteiger partial charge on any atom is -0.370 e. The number of halogens is 1. The number of hydrogen-bond donors (Lipinski definition) is 0. The van der Waals surface area contributed by atoms with E-state index in [-0.39, 0.29) is 11.5 Å². The predicted molar refractivity (Wildman–Crippen MR) is 103 cm³/mol. The summed E-state index contributed by atoms with van der Waals surface area (Å²) < 4.78 is 13.9. The van der Waals surface area contributed by atoms with Crippen LogP contribution in [0.4, 0.5) is 10.1 Å². The molecule has 0 radical (unpaired) electrons. The average molecular weight is 369 g/mol. The molecule has 0 unspecified atom stereocenters. The van der Waals surface area contributed by atoms with Gasteiger partial charge >= 0.3 is 0 Å². The lowest BCUT2D eigenvalue weighted by Gasteiger charge is -2.41. The molecule has 1 amide bonds. The van der Waals surface area contributed by atoms with Crippen LogP contribution in [0.5, 0.6) is 0 Å². The van der Waals surface area contributed by atoms with Crippen molar-refractivity contribution in [2.45, 2.75) is 57.4 Å². The smallest absolute Gasteiger partial charge is 0.225 e. The van der Waals surface area contributed by atoms with Crippen LogP contribution in [0.25, 0.3) is 0 Å². The van der Waals surface area contributed by atoms with Crippen LogP contribution in [-0.2, 0) is 4.79 Å². The molecule has 1 aromatic carbocycles. The number of anilines is 1. The Morgan fingerprint density at radius 3 is 2.52 bits per heavy atom. The van der Waals surface area contributed by atoms with E-state index in [1.54, 1.807) is 6.07 Å². The van der Waals surface area contributed by atoms with Crippen molar-refractivity contribution in [3.8, 4) is 6.07 Å². The highest BCUT2D eigenvalue weighted by Crippen LogP contribution is 2.37. The number of carbonyl (C=O) groups excluding carboxylic acids is 1. The molecule has 2 aliphatic heterocycles. The van der Waals surface area contributed by atoms with Crippen LogP contribution >= 0.6 is 0 Å². The summed E-state index contributed by atoms with van der Waals surface area (Å²) in [5, 5.41) is 9.31. The van der Waals surface area contributed by atoms with Crippen LogP contribution in [0.3, 0.4) is 0 Å². The number of nitrogens with zero attached hydrogens (tertiary/aromatic N) is 3. The molecule has 1 atom stereocenters. The van der Waals surface area contributed by atoms with Gasteiger partial charge in [0.15, 0.2) is 0 Å². The third-order valence-corrected chi connectivity index (χ3v) is 6.54. The Balaban J connectivity index is 1.45. The molecule has 1 aromatic rings.